The van der Waals surface area contributed by atoms with E-state index in [1.807, 2.05) is 0 Å². The second-order valence-electron chi connectivity index (χ2n) is 8.45. The highest BCUT2D eigenvalue weighted by Crippen LogP contribution is 2.34. The van der Waals surface area contributed by atoms with Crippen molar-refractivity contribution in [2.75, 3.05) is 37.6 Å². The van der Waals surface area contributed by atoms with Crippen molar-refractivity contribution >= 4 is 11.8 Å². The number of hydrogen-bond donors (Lipinski definition) is 2. The fourth-order valence-electron chi connectivity index (χ4n) is 3.64. The minimum Gasteiger partial charge on any atom is -0.493 e. The maximum Gasteiger partial charge on any atom is 0.225 e. The molecule has 0 amide bonds. The normalized spacial score (nSPS) is 14.6. The van der Waals surface area contributed by atoms with Gasteiger partial charge in [-0.1, -0.05) is 27.7 Å². The highest BCUT2D eigenvalue weighted by Gasteiger charge is 2.22. The van der Waals surface area contributed by atoms with E-state index in [1.165, 1.54) is 11.1 Å². The third-order valence-electron chi connectivity index (χ3n) is 5.68. The van der Waals surface area contributed by atoms with E-state index in [-0.39, 0.29) is 24.5 Å². The zero-order valence-electron chi connectivity index (χ0n) is 18.9. The summed E-state index contributed by atoms with van der Waals surface area (Å²) < 4.78 is 10.9. The fraction of sp³-hybridized carbons (Fsp3) is 0.565. The minimum absolute atomic E-state index is 0.0426. The number of anilines is 2. The molecule has 0 bridgehead atoms. The second kappa shape index (κ2) is 9.51. The van der Waals surface area contributed by atoms with Gasteiger partial charge in [-0.25, -0.2) is 4.98 Å². The Bertz CT molecular complexity index is 870. The lowest BCUT2D eigenvalue weighted by Gasteiger charge is -2.31. The maximum absolute atomic E-state index is 9.71. The molecule has 30 heavy (non-hydrogen) atoms. The topological polar surface area (TPSA) is 79.7 Å². The second-order valence-corrected chi connectivity index (χ2v) is 8.45. The lowest BCUT2D eigenvalue weighted by atomic mass is 9.98. The van der Waals surface area contributed by atoms with Crippen LogP contribution in [0.1, 0.15) is 50.4 Å². The average Bonchev–Trinajstić information content (AvgIpc) is 2.75. The van der Waals surface area contributed by atoms with Crippen LogP contribution in [0.15, 0.2) is 18.2 Å². The highest BCUT2D eigenvalue weighted by molar-refractivity contribution is 5.53. The molecule has 1 aliphatic heterocycles. The Hall–Kier alpha value is -2.54. The van der Waals surface area contributed by atoms with E-state index in [0.717, 1.165) is 42.5 Å². The number of aliphatic hydroxyl groups is 1. The van der Waals surface area contributed by atoms with Gasteiger partial charge in [0.2, 0.25) is 5.95 Å². The predicted molar refractivity (Wildman–Crippen MR) is 120 cm³/mol. The molecule has 0 saturated carbocycles. The number of nitrogens with one attached hydrogen (secondary N) is 1. The van der Waals surface area contributed by atoms with Gasteiger partial charge in [-0.15, -0.1) is 0 Å². The summed E-state index contributed by atoms with van der Waals surface area (Å²) in [5.74, 6) is 3.53. The Morgan fingerprint density at radius 1 is 1.03 bits per heavy atom. The third kappa shape index (κ3) is 4.78. The molecule has 0 radical (unpaired) electrons. The summed E-state index contributed by atoms with van der Waals surface area (Å²) in [6, 6.07) is 6.13. The first kappa shape index (κ1) is 22.2. The number of hydrogen-bond acceptors (Lipinski definition) is 7. The number of aromatic nitrogens is 2. The van der Waals surface area contributed by atoms with Crippen LogP contribution in [0.25, 0.3) is 0 Å². The third-order valence-corrected chi connectivity index (χ3v) is 5.68. The molecule has 0 fully saturated rings. The molecule has 1 aromatic carbocycles. The molecule has 164 valence electrons. The smallest absolute Gasteiger partial charge is 0.225 e. The summed E-state index contributed by atoms with van der Waals surface area (Å²) >= 11 is 0. The lowest BCUT2D eigenvalue weighted by Crippen LogP contribution is -2.33. The quantitative estimate of drug-likeness (QED) is 0.683. The van der Waals surface area contributed by atoms with E-state index in [0.29, 0.717) is 5.95 Å². The Balaban J connectivity index is 1.92. The highest BCUT2D eigenvalue weighted by atomic mass is 16.5. The Kier molecular flexibility index (Phi) is 7.02. The van der Waals surface area contributed by atoms with Crippen LogP contribution in [0.2, 0.25) is 0 Å². The lowest BCUT2D eigenvalue weighted by molar-refractivity contribution is 0.248. The van der Waals surface area contributed by atoms with Crippen LogP contribution in [0.3, 0.4) is 0 Å². The number of ether oxygens (including phenoxy) is 2. The van der Waals surface area contributed by atoms with E-state index >= 15 is 0 Å². The summed E-state index contributed by atoms with van der Waals surface area (Å²) in [7, 11) is 3.33. The average molecular weight is 415 g/mol. The summed E-state index contributed by atoms with van der Waals surface area (Å²) in [5, 5.41) is 13.0. The molecule has 2 heterocycles. The molecule has 0 spiro atoms. The molecule has 0 unspecified atom stereocenters. The summed E-state index contributed by atoms with van der Waals surface area (Å²) in [6.07, 6.45) is 0.907. The molecule has 3 rings (SSSR count). The number of methoxy groups -OCH3 is 2. The number of fused-ring (bicyclic) bond motifs is 1. The molecular weight excluding hydrogens is 380 g/mol. The maximum atomic E-state index is 9.71. The predicted octanol–water partition coefficient (Wildman–Crippen LogP) is 3.61. The molecule has 1 atom stereocenters. The Morgan fingerprint density at radius 2 is 1.70 bits per heavy atom. The van der Waals surface area contributed by atoms with Crippen molar-refractivity contribution in [1.29, 1.82) is 0 Å². The summed E-state index contributed by atoms with van der Waals surface area (Å²) in [4.78, 5) is 11.8. The molecule has 1 aliphatic rings. The van der Waals surface area contributed by atoms with E-state index in [4.69, 9.17) is 19.4 Å². The van der Waals surface area contributed by atoms with Crippen LogP contribution in [0.4, 0.5) is 11.8 Å². The van der Waals surface area contributed by atoms with E-state index < -0.39 is 0 Å². The summed E-state index contributed by atoms with van der Waals surface area (Å²) in [6.45, 7) is 10.1. The SMILES string of the molecule is COc1cc2c(cc1OC)CN(c1cc(C(C)C)nc(N[C@H](CO)C(C)C)n1)CC2. The van der Waals surface area contributed by atoms with E-state index in [9.17, 15) is 5.11 Å². The van der Waals surface area contributed by atoms with Gasteiger partial charge in [0.15, 0.2) is 11.5 Å². The first-order valence-corrected chi connectivity index (χ1v) is 10.6. The Morgan fingerprint density at radius 3 is 2.27 bits per heavy atom. The minimum atomic E-state index is -0.0842. The molecule has 1 aromatic heterocycles. The first-order chi connectivity index (χ1) is 14.4. The van der Waals surface area contributed by atoms with Crippen LogP contribution >= 0.6 is 0 Å². The van der Waals surface area contributed by atoms with Gasteiger partial charge in [-0.05, 0) is 41.5 Å². The van der Waals surface area contributed by atoms with Crippen molar-refractivity contribution in [3.8, 4) is 11.5 Å². The first-order valence-electron chi connectivity index (χ1n) is 10.6. The standard InChI is InChI=1S/C23H34N4O3/c1-14(2)18-11-22(26-23(24-18)25-19(13-28)15(3)4)27-8-7-16-9-20(29-5)21(30-6)10-17(16)12-27/h9-11,14-15,19,28H,7-8,12-13H2,1-6H3,(H,24,25,26)/t19-/m1/s1. The van der Waals surface area contributed by atoms with Crippen molar-refractivity contribution in [3.63, 3.8) is 0 Å². The van der Waals surface area contributed by atoms with Crippen LogP contribution in [-0.2, 0) is 13.0 Å². The van der Waals surface area contributed by atoms with Gasteiger partial charge in [0.1, 0.15) is 5.82 Å². The molecule has 2 aromatic rings. The zero-order valence-corrected chi connectivity index (χ0v) is 18.9. The van der Waals surface area contributed by atoms with Gasteiger partial charge in [-0.3, -0.25) is 0 Å². The molecule has 0 aliphatic carbocycles. The van der Waals surface area contributed by atoms with Crippen LogP contribution in [-0.4, -0.2) is 48.5 Å². The van der Waals surface area contributed by atoms with Crippen LogP contribution in [0.5, 0.6) is 11.5 Å². The number of aliphatic hydroxyl groups excluding tert-OH is 1. The Labute approximate surface area is 179 Å². The molecule has 2 N–H and O–H groups in total. The van der Waals surface area contributed by atoms with Gasteiger partial charge >= 0.3 is 0 Å². The van der Waals surface area contributed by atoms with Crippen molar-refractivity contribution in [3.05, 3.63) is 35.0 Å². The number of benzene rings is 1. The van der Waals surface area contributed by atoms with Gasteiger partial charge in [-0.2, -0.15) is 4.98 Å². The molecule has 7 heteroatoms. The van der Waals surface area contributed by atoms with Gasteiger partial charge in [0.25, 0.3) is 0 Å². The van der Waals surface area contributed by atoms with Crippen molar-refractivity contribution in [2.24, 2.45) is 5.92 Å². The van der Waals surface area contributed by atoms with Crippen molar-refractivity contribution < 1.29 is 14.6 Å². The van der Waals surface area contributed by atoms with Crippen LogP contribution in [0, 0.1) is 5.92 Å². The fourth-order valence-corrected chi connectivity index (χ4v) is 3.64. The number of rotatable bonds is 8. The molecular formula is C23H34N4O3. The zero-order chi connectivity index (χ0) is 21.8. The van der Waals surface area contributed by atoms with Crippen LogP contribution < -0.4 is 19.7 Å². The van der Waals surface area contributed by atoms with Gasteiger partial charge in [0.05, 0.1) is 32.6 Å². The van der Waals surface area contributed by atoms with Gasteiger partial charge in [0, 0.05) is 19.2 Å². The van der Waals surface area contributed by atoms with E-state index in [2.05, 4.69) is 56.1 Å². The monoisotopic (exact) mass is 414 g/mol. The van der Waals surface area contributed by atoms with Crippen molar-refractivity contribution in [2.45, 2.75) is 52.6 Å². The molecule has 0 saturated heterocycles. The largest absolute Gasteiger partial charge is 0.493 e. The van der Waals surface area contributed by atoms with Gasteiger partial charge < -0.3 is 24.8 Å². The van der Waals surface area contributed by atoms with E-state index in [1.54, 1.807) is 14.2 Å². The summed E-state index contributed by atoms with van der Waals surface area (Å²) in [5.41, 5.74) is 3.48. The number of nitrogens with zero attached hydrogens (tertiary/aromatic N) is 3. The molecule has 7 nitrogen and oxygen atoms in total. The van der Waals surface area contributed by atoms with Crippen molar-refractivity contribution in [1.82, 2.24) is 9.97 Å².